The Balaban J connectivity index is 2.31. The minimum Gasteiger partial charge on any atom is -0.465 e. The molecule has 2 rings (SSSR count). The van der Waals surface area contributed by atoms with E-state index in [0.717, 1.165) is 6.42 Å². The molecule has 6 nitrogen and oxygen atoms in total. The van der Waals surface area contributed by atoms with Gasteiger partial charge in [-0.1, -0.05) is 12.1 Å². The summed E-state index contributed by atoms with van der Waals surface area (Å²) in [6.07, 6.45) is 1.96. The lowest BCUT2D eigenvalue weighted by atomic mass is 10.1. The van der Waals surface area contributed by atoms with E-state index in [4.69, 9.17) is 4.74 Å². The Morgan fingerprint density at radius 2 is 1.87 bits per heavy atom. The van der Waals surface area contributed by atoms with Crippen molar-refractivity contribution in [3.63, 3.8) is 0 Å². The SMILES string of the molecule is CCOC(=O)C1CCCCN1S(=O)(=O)c1ccc(C(C)=O)cc1. The number of ether oxygens (including phenoxy) is 1. The molecular weight excluding hydrogens is 318 g/mol. The molecular formula is C16H21NO5S. The molecule has 1 fully saturated rings. The van der Waals surface area contributed by atoms with Crippen LogP contribution in [0.4, 0.5) is 0 Å². The topological polar surface area (TPSA) is 80.8 Å². The molecule has 1 atom stereocenters. The number of ketones is 1. The minimum atomic E-state index is -3.80. The Morgan fingerprint density at radius 3 is 2.43 bits per heavy atom. The zero-order chi connectivity index (χ0) is 17.0. The quantitative estimate of drug-likeness (QED) is 0.605. The molecule has 1 saturated heterocycles. The van der Waals surface area contributed by atoms with Gasteiger partial charge in [0, 0.05) is 12.1 Å². The third-order valence-corrected chi connectivity index (χ3v) is 5.80. The van der Waals surface area contributed by atoms with Gasteiger partial charge in [-0.05, 0) is 45.2 Å². The number of benzene rings is 1. The third kappa shape index (κ3) is 3.79. The van der Waals surface area contributed by atoms with Gasteiger partial charge in [0.25, 0.3) is 0 Å². The summed E-state index contributed by atoms with van der Waals surface area (Å²) in [7, 11) is -3.80. The first-order valence-corrected chi connectivity index (χ1v) is 9.11. The highest BCUT2D eigenvalue weighted by molar-refractivity contribution is 7.89. The van der Waals surface area contributed by atoms with E-state index in [-0.39, 0.29) is 17.3 Å². The summed E-state index contributed by atoms with van der Waals surface area (Å²) in [5.41, 5.74) is 0.449. The van der Waals surface area contributed by atoms with E-state index in [9.17, 15) is 18.0 Å². The van der Waals surface area contributed by atoms with Crippen LogP contribution in [0.5, 0.6) is 0 Å². The summed E-state index contributed by atoms with van der Waals surface area (Å²) in [5.74, 6) is -0.632. The van der Waals surface area contributed by atoms with Crippen LogP contribution in [0.2, 0.25) is 0 Å². The largest absolute Gasteiger partial charge is 0.465 e. The summed E-state index contributed by atoms with van der Waals surface area (Å²) >= 11 is 0. The van der Waals surface area contributed by atoms with Gasteiger partial charge in [-0.3, -0.25) is 9.59 Å². The van der Waals surface area contributed by atoms with Crippen molar-refractivity contribution in [2.24, 2.45) is 0 Å². The average Bonchev–Trinajstić information content (AvgIpc) is 2.55. The smallest absolute Gasteiger partial charge is 0.324 e. The lowest BCUT2D eigenvalue weighted by Crippen LogP contribution is -2.48. The molecule has 0 amide bonds. The second kappa shape index (κ2) is 7.23. The first-order valence-electron chi connectivity index (χ1n) is 7.67. The summed E-state index contributed by atoms with van der Waals surface area (Å²) in [5, 5.41) is 0. The van der Waals surface area contributed by atoms with Crippen molar-refractivity contribution in [1.82, 2.24) is 4.31 Å². The molecule has 0 aromatic heterocycles. The van der Waals surface area contributed by atoms with Crippen LogP contribution in [0.3, 0.4) is 0 Å². The third-order valence-electron chi connectivity index (χ3n) is 3.88. The maximum atomic E-state index is 12.8. The number of nitrogens with zero attached hydrogens (tertiary/aromatic N) is 1. The summed E-state index contributed by atoms with van der Waals surface area (Å²) in [6, 6.07) is 5.00. The maximum Gasteiger partial charge on any atom is 0.324 e. The van der Waals surface area contributed by atoms with Crippen molar-refractivity contribution in [1.29, 1.82) is 0 Å². The average molecular weight is 339 g/mol. The molecule has 126 valence electrons. The zero-order valence-corrected chi connectivity index (χ0v) is 14.1. The van der Waals surface area contributed by atoms with Gasteiger partial charge in [0.1, 0.15) is 6.04 Å². The molecule has 1 aliphatic heterocycles. The molecule has 1 aromatic carbocycles. The molecule has 0 spiro atoms. The molecule has 0 N–H and O–H groups in total. The molecule has 7 heteroatoms. The predicted octanol–water partition coefficient (Wildman–Crippen LogP) is 2.00. The first-order chi connectivity index (χ1) is 10.9. The number of hydrogen-bond acceptors (Lipinski definition) is 5. The number of Topliss-reactive ketones (excluding diaryl/α,β-unsaturated/α-hetero) is 1. The van der Waals surface area contributed by atoms with Crippen molar-refractivity contribution in [2.45, 2.75) is 44.0 Å². The number of hydrogen-bond donors (Lipinski definition) is 0. The van der Waals surface area contributed by atoms with Crippen molar-refractivity contribution >= 4 is 21.8 Å². The number of rotatable bonds is 5. The monoisotopic (exact) mass is 339 g/mol. The van der Waals surface area contributed by atoms with E-state index in [1.807, 2.05) is 0 Å². The second-order valence-electron chi connectivity index (χ2n) is 5.46. The molecule has 1 aliphatic rings. The minimum absolute atomic E-state index is 0.0821. The normalized spacial score (nSPS) is 19.3. The van der Waals surface area contributed by atoms with Gasteiger partial charge >= 0.3 is 5.97 Å². The molecule has 23 heavy (non-hydrogen) atoms. The fourth-order valence-electron chi connectivity index (χ4n) is 2.66. The van der Waals surface area contributed by atoms with E-state index < -0.39 is 22.0 Å². The number of sulfonamides is 1. The second-order valence-corrected chi connectivity index (χ2v) is 7.35. The Morgan fingerprint density at radius 1 is 1.22 bits per heavy atom. The van der Waals surface area contributed by atoms with Crippen LogP contribution in [0.25, 0.3) is 0 Å². The molecule has 0 aliphatic carbocycles. The first kappa shape index (κ1) is 17.6. The van der Waals surface area contributed by atoms with Gasteiger partial charge in [0.15, 0.2) is 5.78 Å². The summed E-state index contributed by atoms with van der Waals surface area (Å²) in [6.45, 7) is 3.63. The van der Waals surface area contributed by atoms with Crippen molar-refractivity contribution in [2.75, 3.05) is 13.2 Å². The van der Waals surface area contributed by atoms with Crippen molar-refractivity contribution in [3.8, 4) is 0 Å². The molecule has 1 aromatic rings. The van der Waals surface area contributed by atoms with Crippen LogP contribution in [0, 0.1) is 0 Å². The predicted molar refractivity (Wildman–Crippen MR) is 84.6 cm³/mol. The summed E-state index contributed by atoms with van der Waals surface area (Å²) < 4.78 is 31.9. The zero-order valence-electron chi connectivity index (χ0n) is 13.3. The van der Waals surface area contributed by atoms with Crippen molar-refractivity contribution in [3.05, 3.63) is 29.8 Å². The number of carbonyl (C=O) groups is 2. The number of carbonyl (C=O) groups excluding carboxylic acids is 2. The van der Waals surface area contributed by atoms with Crippen LogP contribution >= 0.6 is 0 Å². The highest BCUT2D eigenvalue weighted by Gasteiger charge is 2.38. The van der Waals surface area contributed by atoms with Gasteiger partial charge in [0.2, 0.25) is 10.0 Å². The summed E-state index contributed by atoms with van der Waals surface area (Å²) in [4.78, 5) is 23.4. The van der Waals surface area contributed by atoms with E-state index >= 15 is 0 Å². The Kier molecular flexibility index (Phi) is 5.54. The standard InChI is InChI=1S/C16H21NO5S/c1-3-22-16(19)15-6-4-5-11-17(15)23(20,21)14-9-7-13(8-10-14)12(2)18/h7-10,15H,3-6,11H2,1-2H3. The molecule has 0 bridgehead atoms. The molecule has 0 saturated carbocycles. The van der Waals surface area contributed by atoms with Gasteiger partial charge in [-0.2, -0.15) is 4.31 Å². The molecule has 1 unspecified atom stereocenters. The Hall–Kier alpha value is -1.73. The van der Waals surface area contributed by atoms with E-state index in [1.54, 1.807) is 6.92 Å². The van der Waals surface area contributed by atoms with Gasteiger partial charge in [0.05, 0.1) is 11.5 Å². The number of esters is 1. The highest BCUT2D eigenvalue weighted by atomic mass is 32.2. The van der Waals surface area contributed by atoms with Gasteiger partial charge in [-0.15, -0.1) is 0 Å². The van der Waals surface area contributed by atoms with Gasteiger partial charge < -0.3 is 4.74 Å². The van der Waals surface area contributed by atoms with Crippen LogP contribution in [-0.4, -0.2) is 43.7 Å². The van der Waals surface area contributed by atoms with Crippen LogP contribution < -0.4 is 0 Å². The molecule has 1 heterocycles. The Bertz CT molecular complexity index is 681. The van der Waals surface area contributed by atoms with Crippen LogP contribution in [-0.2, 0) is 19.6 Å². The fourth-order valence-corrected chi connectivity index (χ4v) is 4.31. The van der Waals surface area contributed by atoms with E-state index in [1.165, 1.54) is 35.5 Å². The van der Waals surface area contributed by atoms with Gasteiger partial charge in [-0.25, -0.2) is 8.42 Å². The lowest BCUT2D eigenvalue weighted by molar-refractivity contribution is -0.148. The fraction of sp³-hybridized carbons (Fsp3) is 0.500. The lowest BCUT2D eigenvalue weighted by Gasteiger charge is -2.32. The maximum absolute atomic E-state index is 12.8. The van der Waals surface area contributed by atoms with Crippen LogP contribution in [0.15, 0.2) is 29.2 Å². The van der Waals surface area contributed by atoms with E-state index in [0.29, 0.717) is 24.9 Å². The van der Waals surface area contributed by atoms with Crippen molar-refractivity contribution < 1.29 is 22.7 Å². The Labute approximate surface area is 136 Å². The number of piperidine rings is 1. The molecule has 0 radical (unpaired) electrons. The van der Waals surface area contributed by atoms with Crippen LogP contribution in [0.1, 0.15) is 43.5 Å². The highest BCUT2D eigenvalue weighted by Crippen LogP contribution is 2.26. The van der Waals surface area contributed by atoms with E-state index in [2.05, 4.69) is 0 Å².